The summed E-state index contributed by atoms with van der Waals surface area (Å²) >= 11 is 6.22. The van der Waals surface area contributed by atoms with E-state index in [2.05, 4.69) is 16.8 Å². The molecule has 2 aromatic heterocycles. The van der Waals surface area contributed by atoms with Gasteiger partial charge in [-0.3, -0.25) is 18.9 Å². The summed E-state index contributed by atoms with van der Waals surface area (Å²) in [6, 6.07) is 10.6. The maximum atomic E-state index is 13.3. The van der Waals surface area contributed by atoms with E-state index in [1.54, 1.807) is 23.6 Å². The molecule has 4 rings (SSSR count). The van der Waals surface area contributed by atoms with Gasteiger partial charge in [0, 0.05) is 35.6 Å². The van der Waals surface area contributed by atoms with E-state index in [4.69, 9.17) is 17.3 Å². The molecule has 3 heterocycles. The molecule has 0 spiro atoms. The van der Waals surface area contributed by atoms with Crippen LogP contribution in [0.25, 0.3) is 10.9 Å². The smallest absolute Gasteiger partial charge is 0.333 e. The Bertz CT molecular complexity index is 1300. The normalized spacial score (nSPS) is 16.2. The van der Waals surface area contributed by atoms with Crippen molar-refractivity contribution in [2.45, 2.75) is 38.9 Å². The van der Waals surface area contributed by atoms with Gasteiger partial charge in [0.15, 0.2) is 0 Å². The van der Waals surface area contributed by atoms with E-state index in [-0.39, 0.29) is 24.7 Å². The topological polar surface area (TPSA) is 86.2 Å². The highest BCUT2D eigenvalue weighted by Crippen LogP contribution is 2.22. The van der Waals surface area contributed by atoms with Gasteiger partial charge in [0.05, 0.1) is 24.3 Å². The molecule has 0 saturated carbocycles. The molecule has 1 aromatic carbocycles. The van der Waals surface area contributed by atoms with E-state index >= 15 is 0 Å². The Morgan fingerprint density at radius 1 is 1.23 bits per heavy atom. The second-order valence-corrected chi connectivity index (χ2v) is 8.09. The summed E-state index contributed by atoms with van der Waals surface area (Å²) in [7, 11) is 0. The molecule has 0 amide bonds. The van der Waals surface area contributed by atoms with Crippen molar-refractivity contribution in [3.8, 4) is 11.8 Å². The van der Waals surface area contributed by atoms with Gasteiger partial charge in [-0.25, -0.2) is 4.79 Å². The second kappa shape index (κ2) is 8.96. The number of nitrogens with two attached hydrogens (primary N) is 1. The van der Waals surface area contributed by atoms with Crippen molar-refractivity contribution in [1.82, 2.24) is 14.1 Å². The Hall–Kier alpha value is -3.08. The summed E-state index contributed by atoms with van der Waals surface area (Å²) in [6.07, 6.45) is 1.85. The molecule has 0 radical (unpaired) electrons. The third kappa shape index (κ3) is 4.36. The summed E-state index contributed by atoms with van der Waals surface area (Å²) in [5.74, 6) is 6.34. The molecular formula is C23H24ClN5O2. The zero-order chi connectivity index (χ0) is 22.0. The first kappa shape index (κ1) is 21.2. The first-order valence-electron chi connectivity index (χ1n) is 10.3. The van der Waals surface area contributed by atoms with Gasteiger partial charge in [-0.15, -0.1) is 5.92 Å². The molecule has 0 aliphatic carbocycles. The molecule has 1 fully saturated rings. The number of aromatic nitrogens is 3. The summed E-state index contributed by atoms with van der Waals surface area (Å²) in [6.45, 7) is 3.36. The standard InChI is InChI=1S/C23H24ClN5O2/c1-2-3-12-28-21(27-11-5-6-16(25)14-27)13-22(30)29(23(28)31)15-17-9-10-18-19(24)7-4-8-20(18)26-17/h4,7-10,13,16H,5-6,11-12,14-15,25H2,1H3/t16-/m1/s1. The van der Waals surface area contributed by atoms with Crippen LogP contribution >= 0.6 is 11.6 Å². The van der Waals surface area contributed by atoms with Crippen LogP contribution in [0, 0.1) is 11.8 Å². The highest BCUT2D eigenvalue weighted by molar-refractivity contribution is 6.35. The van der Waals surface area contributed by atoms with E-state index in [1.165, 1.54) is 10.6 Å². The lowest BCUT2D eigenvalue weighted by atomic mass is 10.1. The number of halogens is 1. The number of hydrogen-bond acceptors (Lipinski definition) is 5. The number of fused-ring (bicyclic) bond motifs is 1. The Kier molecular flexibility index (Phi) is 6.12. The number of nitrogens with zero attached hydrogens (tertiary/aromatic N) is 4. The fourth-order valence-electron chi connectivity index (χ4n) is 3.95. The molecule has 31 heavy (non-hydrogen) atoms. The quantitative estimate of drug-likeness (QED) is 0.632. The molecule has 1 aliphatic rings. The van der Waals surface area contributed by atoms with Crippen molar-refractivity contribution in [1.29, 1.82) is 0 Å². The largest absolute Gasteiger partial charge is 0.356 e. The Morgan fingerprint density at radius 3 is 2.84 bits per heavy atom. The second-order valence-electron chi connectivity index (χ2n) is 7.68. The molecule has 1 atom stereocenters. The van der Waals surface area contributed by atoms with E-state index in [9.17, 15) is 9.59 Å². The van der Waals surface area contributed by atoms with Crippen molar-refractivity contribution in [3.63, 3.8) is 0 Å². The number of hydrogen-bond donors (Lipinski definition) is 1. The van der Waals surface area contributed by atoms with Gasteiger partial charge in [0.25, 0.3) is 5.56 Å². The number of piperidine rings is 1. The van der Waals surface area contributed by atoms with Gasteiger partial charge >= 0.3 is 5.69 Å². The van der Waals surface area contributed by atoms with Crippen molar-refractivity contribution >= 4 is 28.3 Å². The zero-order valence-corrected chi connectivity index (χ0v) is 18.1. The van der Waals surface area contributed by atoms with Gasteiger partial charge in [-0.1, -0.05) is 23.6 Å². The predicted molar refractivity (Wildman–Crippen MR) is 124 cm³/mol. The van der Waals surface area contributed by atoms with E-state index in [0.717, 1.165) is 24.8 Å². The lowest BCUT2D eigenvalue weighted by Crippen LogP contribution is -2.48. The molecule has 1 aliphatic heterocycles. The van der Waals surface area contributed by atoms with Gasteiger partial charge in [0.2, 0.25) is 0 Å². The fourth-order valence-corrected chi connectivity index (χ4v) is 4.18. The highest BCUT2D eigenvalue weighted by atomic mass is 35.5. The van der Waals surface area contributed by atoms with E-state index in [1.807, 2.05) is 23.1 Å². The lowest BCUT2D eigenvalue weighted by Gasteiger charge is -2.33. The van der Waals surface area contributed by atoms with Crippen LogP contribution in [-0.4, -0.2) is 33.2 Å². The fraction of sp³-hybridized carbons (Fsp3) is 0.348. The zero-order valence-electron chi connectivity index (χ0n) is 17.3. The minimum absolute atomic E-state index is 0.0191. The number of pyridine rings is 1. The van der Waals surface area contributed by atoms with Crippen molar-refractivity contribution < 1.29 is 0 Å². The maximum Gasteiger partial charge on any atom is 0.333 e. The van der Waals surface area contributed by atoms with E-state index in [0.29, 0.717) is 28.6 Å². The summed E-state index contributed by atoms with van der Waals surface area (Å²) in [5, 5.41) is 1.44. The predicted octanol–water partition coefficient (Wildman–Crippen LogP) is 2.21. The van der Waals surface area contributed by atoms with Crippen molar-refractivity contribution in [3.05, 3.63) is 68.0 Å². The van der Waals surface area contributed by atoms with Crippen LogP contribution in [-0.2, 0) is 13.1 Å². The summed E-state index contributed by atoms with van der Waals surface area (Å²) in [5.41, 5.74) is 6.67. The minimum Gasteiger partial charge on any atom is -0.356 e. The molecule has 1 saturated heterocycles. The van der Waals surface area contributed by atoms with Gasteiger partial charge < -0.3 is 10.6 Å². The van der Waals surface area contributed by atoms with Gasteiger partial charge in [-0.2, -0.15) is 0 Å². The van der Waals surface area contributed by atoms with Gasteiger partial charge in [0.1, 0.15) is 5.82 Å². The number of anilines is 1. The van der Waals surface area contributed by atoms with Crippen LogP contribution in [0.2, 0.25) is 5.02 Å². The van der Waals surface area contributed by atoms with Crippen molar-refractivity contribution in [2.75, 3.05) is 18.0 Å². The average molecular weight is 438 g/mol. The SMILES string of the molecule is CC#CCn1c(N2CCC[C@@H](N)C2)cc(=O)n(Cc2ccc3c(Cl)cccc3n2)c1=O. The Labute approximate surface area is 185 Å². The third-order valence-electron chi connectivity index (χ3n) is 5.51. The minimum atomic E-state index is -0.405. The van der Waals surface area contributed by atoms with E-state index < -0.39 is 5.69 Å². The first-order chi connectivity index (χ1) is 15.0. The molecule has 3 aromatic rings. The number of benzene rings is 1. The molecular weight excluding hydrogens is 414 g/mol. The average Bonchev–Trinajstić information content (AvgIpc) is 2.76. The molecule has 160 valence electrons. The molecule has 7 nitrogen and oxygen atoms in total. The van der Waals surface area contributed by atoms with Gasteiger partial charge in [-0.05, 0) is 44.0 Å². The van der Waals surface area contributed by atoms with Crippen LogP contribution in [0.4, 0.5) is 5.82 Å². The monoisotopic (exact) mass is 437 g/mol. The molecule has 2 N–H and O–H groups in total. The van der Waals surface area contributed by atoms with Crippen LogP contribution in [0.3, 0.4) is 0 Å². The molecule has 0 unspecified atom stereocenters. The number of rotatable bonds is 4. The Balaban J connectivity index is 1.76. The van der Waals surface area contributed by atoms with Crippen LogP contribution in [0.1, 0.15) is 25.5 Å². The van der Waals surface area contributed by atoms with Crippen molar-refractivity contribution in [2.24, 2.45) is 5.73 Å². The summed E-state index contributed by atoms with van der Waals surface area (Å²) in [4.78, 5) is 32.8. The van der Waals surface area contributed by atoms with Crippen LogP contribution in [0.5, 0.6) is 0 Å². The summed E-state index contributed by atoms with van der Waals surface area (Å²) < 4.78 is 2.75. The molecule has 8 heteroatoms. The highest BCUT2D eigenvalue weighted by Gasteiger charge is 2.22. The third-order valence-corrected chi connectivity index (χ3v) is 5.84. The lowest BCUT2D eigenvalue weighted by molar-refractivity contribution is 0.491. The Morgan fingerprint density at radius 2 is 2.06 bits per heavy atom. The van der Waals surface area contributed by atoms with Crippen LogP contribution in [0.15, 0.2) is 46.0 Å². The molecule has 0 bridgehead atoms. The maximum absolute atomic E-state index is 13.3. The first-order valence-corrected chi connectivity index (χ1v) is 10.6. The van der Waals surface area contributed by atoms with Crippen LogP contribution < -0.4 is 21.9 Å².